The SMILES string of the molecule is CCCCCC(N)OC(C)=O.[H-].[K+]. The van der Waals surface area contributed by atoms with Gasteiger partial charge in [0.15, 0.2) is 6.23 Å². The predicted molar refractivity (Wildman–Crippen MR) is 45.0 cm³/mol. The molecule has 0 aliphatic carbocycles. The fraction of sp³-hybridized carbons (Fsp3) is 0.875. The van der Waals surface area contributed by atoms with E-state index in [-0.39, 0.29) is 58.8 Å². The summed E-state index contributed by atoms with van der Waals surface area (Å²) in [7, 11) is 0. The third-order valence-corrected chi connectivity index (χ3v) is 1.41. The topological polar surface area (TPSA) is 52.3 Å². The van der Waals surface area contributed by atoms with Gasteiger partial charge >= 0.3 is 57.4 Å². The van der Waals surface area contributed by atoms with Gasteiger partial charge in [0.2, 0.25) is 0 Å². The van der Waals surface area contributed by atoms with E-state index in [9.17, 15) is 4.79 Å². The van der Waals surface area contributed by atoms with Gasteiger partial charge in [0.05, 0.1) is 0 Å². The summed E-state index contributed by atoms with van der Waals surface area (Å²) in [5.74, 6) is -0.297. The van der Waals surface area contributed by atoms with Crippen molar-refractivity contribution in [3.63, 3.8) is 0 Å². The summed E-state index contributed by atoms with van der Waals surface area (Å²) in [6, 6.07) is 0. The summed E-state index contributed by atoms with van der Waals surface area (Å²) in [6.07, 6.45) is 3.71. The first-order valence-electron chi connectivity index (χ1n) is 4.09. The summed E-state index contributed by atoms with van der Waals surface area (Å²) in [4.78, 5) is 10.4. The minimum atomic E-state index is -0.404. The van der Waals surface area contributed by atoms with Gasteiger partial charge in [-0.3, -0.25) is 10.5 Å². The monoisotopic (exact) mass is 199 g/mol. The predicted octanol–water partition coefficient (Wildman–Crippen LogP) is -1.47. The Morgan fingerprint density at radius 3 is 2.58 bits per heavy atom. The van der Waals surface area contributed by atoms with E-state index >= 15 is 0 Å². The molecule has 0 heterocycles. The molecule has 0 saturated carbocycles. The molecule has 0 amide bonds. The van der Waals surface area contributed by atoms with Crippen LogP contribution >= 0.6 is 0 Å². The van der Waals surface area contributed by atoms with E-state index in [0.29, 0.717) is 0 Å². The van der Waals surface area contributed by atoms with Gasteiger partial charge in [0, 0.05) is 6.92 Å². The number of hydrogen-bond donors (Lipinski definition) is 1. The molecule has 68 valence electrons. The van der Waals surface area contributed by atoms with Crippen molar-refractivity contribution in [3.8, 4) is 0 Å². The Kier molecular flexibility index (Phi) is 13.1. The van der Waals surface area contributed by atoms with Gasteiger partial charge in [-0.1, -0.05) is 19.8 Å². The summed E-state index contributed by atoms with van der Waals surface area (Å²) in [6.45, 7) is 3.50. The van der Waals surface area contributed by atoms with Crippen molar-refractivity contribution in [2.24, 2.45) is 5.73 Å². The summed E-state index contributed by atoms with van der Waals surface area (Å²) in [5.41, 5.74) is 5.47. The van der Waals surface area contributed by atoms with Crippen LogP contribution in [0.4, 0.5) is 0 Å². The Morgan fingerprint density at radius 2 is 2.17 bits per heavy atom. The molecule has 0 radical (unpaired) electrons. The third-order valence-electron chi connectivity index (χ3n) is 1.41. The van der Waals surface area contributed by atoms with Gasteiger partial charge in [0.1, 0.15) is 0 Å². The minimum Gasteiger partial charge on any atom is -1.00 e. The van der Waals surface area contributed by atoms with Crippen LogP contribution in [-0.2, 0) is 9.53 Å². The molecule has 0 aromatic carbocycles. The van der Waals surface area contributed by atoms with Crippen LogP contribution in [-0.4, -0.2) is 12.2 Å². The molecule has 0 saturated heterocycles. The van der Waals surface area contributed by atoms with Crippen molar-refractivity contribution in [2.75, 3.05) is 0 Å². The zero-order chi connectivity index (χ0) is 8.69. The third kappa shape index (κ3) is 11.1. The Bertz CT molecular complexity index is 125. The van der Waals surface area contributed by atoms with E-state index < -0.39 is 6.23 Å². The van der Waals surface area contributed by atoms with E-state index in [1.165, 1.54) is 6.92 Å². The van der Waals surface area contributed by atoms with Gasteiger partial charge < -0.3 is 6.16 Å². The smallest absolute Gasteiger partial charge is 1.00 e. The quantitative estimate of drug-likeness (QED) is 0.255. The molecule has 0 rings (SSSR count). The van der Waals surface area contributed by atoms with Crippen molar-refractivity contribution in [1.82, 2.24) is 0 Å². The molecule has 1 atom stereocenters. The maximum atomic E-state index is 10.4. The second-order valence-electron chi connectivity index (χ2n) is 2.64. The van der Waals surface area contributed by atoms with Crippen molar-refractivity contribution >= 4 is 5.97 Å². The number of carbonyl (C=O) groups excluding carboxylic acids is 1. The summed E-state index contributed by atoms with van der Waals surface area (Å²) >= 11 is 0. The zero-order valence-electron chi connectivity index (χ0n) is 9.30. The molecule has 0 aromatic rings. The van der Waals surface area contributed by atoms with Gasteiger partial charge in [-0.25, -0.2) is 0 Å². The van der Waals surface area contributed by atoms with Crippen LogP contribution < -0.4 is 57.1 Å². The molecule has 0 bridgehead atoms. The molecule has 12 heavy (non-hydrogen) atoms. The Morgan fingerprint density at radius 1 is 1.58 bits per heavy atom. The first kappa shape index (κ1) is 15.5. The van der Waals surface area contributed by atoms with Crippen LogP contribution in [0.5, 0.6) is 0 Å². The van der Waals surface area contributed by atoms with E-state index in [1.54, 1.807) is 0 Å². The van der Waals surface area contributed by atoms with Crippen molar-refractivity contribution in [2.45, 2.75) is 45.8 Å². The summed E-state index contributed by atoms with van der Waals surface area (Å²) in [5, 5.41) is 0. The maximum absolute atomic E-state index is 10.4. The second kappa shape index (κ2) is 10.1. The van der Waals surface area contributed by atoms with Crippen LogP contribution in [0.25, 0.3) is 0 Å². The average Bonchev–Trinajstić information content (AvgIpc) is 1.86. The molecular weight excluding hydrogens is 181 g/mol. The number of rotatable bonds is 5. The fourth-order valence-corrected chi connectivity index (χ4v) is 0.868. The van der Waals surface area contributed by atoms with E-state index in [0.717, 1.165) is 25.7 Å². The van der Waals surface area contributed by atoms with Crippen LogP contribution in [0.2, 0.25) is 0 Å². The first-order valence-corrected chi connectivity index (χ1v) is 4.09. The largest absolute Gasteiger partial charge is 1.00 e. The van der Waals surface area contributed by atoms with Gasteiger partial charge in [-0.2, -0.15) is 0 Å². The second-order valence-corrected chi connectivity index (χ2v) is 2.64. The molecule has 1 unspecified atom stereocenters. The van der Waals surface area contributed by atoms with Crippen LogP contribution in [0.1, 0.15) is 41.0 Å². The summed E-state index contributed by atoms with van der Waals surface area (Å²) < 4.78 is 4.74. The maximum Gasteiger partial charge on any atom is 1.00 e. The van der Waals surface area contributed by atoms with E-state index in [4.69, 9.17) is 10.5 Å². The Labute approximate surface area is 118 Å². The van der Waals surface area contributed by atoms with Crippen molar-refractivity contribution in [3.05, 3.63) is 0 Å². The molecule has 0 aliphatic rings. The number of ether oxygens (including phenoxy) is 1. The minimum absolute atomic E-state index is 0. The van der Waals surface area contributed by atoms with Crippen LogP contribution in [0.15, 0.2) is 0 Å². The van der Waals surface area contributed by atoms with Crippen molar-refractivity contribution in [1.29, 1.82) is 0 Å². The van der Waals surface area contributed by atoms with E-state index in [2.05, 4.69) is 6.92 Å². The van der Waals surface area contributed by atoms with Crippen LogP contribution in [0, 0.1) is 0 Å². The first-order chi connectivity index (χ1) is 5.16. The number of unbranched alkanes of at least 4 members (excludes halogenated alkanes) is 2. The Balaban J connectivity index is -0.000000500. The van der Waals surface area contributed by atoms with Gasteiger partial charge in [-0.15, -0.1) is 0 Å². The van der Waals surface area contributed by atoms with Gasteiger partial charge in [-0.05, 0) is 12.8 Å². The van der Waals surface area contributed by atoms with E-state index in [1.807, 2.05) is 0 Å². The molecule has 3 nitrogen and oxygen atoms in total. The zero-order valence-corrected chi connectivity index (χ0v) is 11.4. The Hall–Kier alpha value is 1.07. The molecule has 0 aromatic heterocycles. The fourth-order valence-electron chi connectivity index (χ4n) is 0.868. The average molecular weight is 199 g/mol. The molecular formula is C8H18KNO2. The molecule has 2 N–H and O–H groups in total. The van der Waals surface area contributed by atoms with Gasteiger partial charge in [0.25, 0.3) is 0 Å². The number of nitrogens with two attached hydrogens (primary N) is 1. The molecule has 0 aliphatic heterocycles. The van der Waals surface area contributed by atoms with Crippen LogP contribution in [0.3, 0.4) is 0 Å². The number of carbonyl (C=O) groups is 1. The standard InChI is InChI=1S/C8H17NO2.K.H/c1-3-4-5-6-8(9)11-7(2)10;;/h8H,3-6,9H2,1-2H3;;/q;+1;-1. The molecule has 0 spiro atoms. The molecule has 0 fully saturated rings. The number of esters is 1. The normalized spacial score (nSPS) is 11.6. The van der Waals surface area contributed by atoms with Crippen molar-refractivity contribution < 1.29 is 62.3 Å². The molecule has 4 heteroatoms. The number of hydrogen-bond acceptors (Lipinski definition) is 3.